The van der Waals surface area contributed by atoms with Crippen molar-refractivity contribution in [2.45, 2.75) is 39.7 Å². The number of hydrogen-bond donors (Lipinski definition) is 0. The molecule has 0 aliphatic heterocycles. The van der Waals surface area contributed by atoms with Gasteiger partial charge in [-0.2, -0.15) is 0 Å². The van der Waals surface area contributed by atoms with Crippen LogP contribution in [0.1, 0.15) is 54.8 Å². The Bertz CT molecular complexity index is 440. The first-order valence-electron chi connectivity index (χ1n) is 6.34. The zero-order valence-electron chi connectivity index (χ0n) is 11.9. The summed E-state index contributed by atoms with van der Waals surface area (Å²) < 4.78 is 10.2. The summed E-state index contributed by atoms with van der Waals surface area (Å²) >= 11 is 0. The Morgan fingerprint density at radius 3 is 1.89 bits per heavy atom. The van der Waals surface area contributed by atoms with Crippen molar-refractivity contribution in [3.8, 4) is 0 Å². The molecule has 0 aliphatic carbocycles. The first kappa shape index (κ1) is 15.2. The van der Waals surface area contributed by atoms with Gasteiger partial charge in [0.2, 0.25) is 0 Å². The van der Waals surface area contributed by atoms with Gasteiger partial charge in [0.25, 0.3) is 0 Å². The lowest BCUT2D eigenvalue weighted by molar-refractivity contribution is 0.00690. The number of esters is 2. The minimum Gasteiger partial charge on any atom is -0.462 e. The van der Waals surface area contributed by atoms with E-state index < -0.39 is 11.6 Å². The largest absolute Gasteiger partial charge is 0.462 e. The van der Waals surface area contributed by atoms with Crippen molar-refractivity contribution < 1.29 is 19.1 Å². The Hall–Kier alpha value is -1.84. The monoisotopic (exact) mass is 264 g/mol. The number of benzene rings is 1. The van der Waals surface area contributed by atoms with Crippen molar-refractivity contribution in [3.05, 3.63) is 35.4 Å². The van der Waals surface area contributed by atoms with Gasteiger partial charge in [0.1, 0.15) is 5.60 Å². The molecule has 0 aromatic heterocycles. The van der Waals surface area contributed by atoms with Gasteiger partial charge in [0, 0.05) is 0 Å². The van der Waals surface area contributed by atoms with Crippen LogP contribution in [-0.2, 0) is 9.47 Å². The van der Waals surface area contributed by atoms with E-state index in [-0.39, 0.29) is 5.97 Å². The molecule has 0 fully saturated rings. The van der Waals surface area contributed by atoms with Crippen LogP contribution in [0.4, 0.5) is 0 Å². The molecule has 1 aromatic carbocycles. The van der Waals surface area contributed by atoms with E-state index in [1.807, 2.05) is 6.92 Å². The third kappa shape index (κ3) is 5.12. The van der Waals surface area contributed by atoms with Crippen LogP contribution in [0, 0.1) is 0 Å². The fourth-order valence-corrected chi connectivity index (χ4v) is 1.36. The summed E-state index contributed by atoms with van der Waals surface area (Å²) in [5.41, 5.74) is 0.318. The van der Waals surface area contributed by atoms with Gasteiger partial charge in [-0.05, 0) is 51.5 Å². The minimum absolute atomic E-state index is 0.377. The molecule has 0 unspecified atom stereocenters. The average molecular weight is 264 g/mol. The highest BCUT2D eigenvalue weighted by Gasteiger charge is 2.18. The van der Waals surface area contributed by atoms with Crippen molar-refractivity contribution >= 4 is 11.9 Å². The van der Waals surface area contributed by atoms with Gasteiger partial charge >= 0.3 is 11.9 Å². The summed E-state index contributed by atoms with van der Waals surface area (Å²) in [6, 6.07) is 6.27. The van der Waals surface area contributed by atoms with Gasteiger partial charge in [-0.15, -0.1) is 0 Å². The fourth-order valence-electron chi connectivity index (χ4n) is 1.36. The summed E-state index contributed by atoms with van der Waals surface area (Å²) in [4.78, 5) is 23.4. The number of hydrogen-bond acceptors (Lipinski definition) is 4. The van der Waals surface area contributed by atoms with Gasteiger partial charge in [-0.1, -0.05) is 6.92 Å². The molecule has 4 heteroatoms. The second kappa shape index (κ2) is 6.36. The maximum absolute atomic E-state index is 11.8. The van der Waals surface area contributed by atoms with Crippen LogP contribution in [0.15, 0.2) is 24.3 Å². The molecule has 0 radical (unpaired) electrons. The summed E-state index contributed by atoms with van der Waals surface area (Å²) in [7, 11) is 0. The predicted octanol–water partition coefficient (Wildman–Crippen LogP) is 3.21. The Morgan fingerprint density at radius 1 is 1.00 bits per heavy atom. The minimum atomic E-state index is -0.532. The van der Waals surface area contributed by atoms with Gasteiger partial charge in [0.15, 0.2) is 0 Å². The summed E-state index contributed by atoms with van der Waals surface area (Å²) in [5, 5.41) is 0. The molecule has 1 rings (SSSR count). The summed E-state index contributed by atoms with van der Waals surface area (Å²) in [5.74, 6) is -0.779. The van der Waals surface area contributed by atoms with Crippen molar-refractivity contribution in [1.82, 2.24) is 0 Å². The average Bonchev–Trinajstić information content (AvgIpc) is 2.34. The van der Waals surface area contributed by atoms with E-state index >= 15 is 0 Å². The van der Waals surface area contributed by atoms with Crippen LogP contribution < -0.4 is 0 Å². The molecule has 0 saturated carbocycles. The first-order valence-corrected chi connectivity index (χ1v) is 6.34. The molecule has 1 aromatic rings. The highest BCUT2D eigenvalue weighted by Crippen LogP contribution is 2.13. The number of ether oxygens (including phenoxy) is 2. The molecule has 4 nitrogen and oxygen atoms in total. The van der Waals surface area contributed by atoms with Crippen LogP contribution in [0.5, 0.6) is 0 Å². The molecule has 104 valence electrons. The third-order valence-corrected chi connectivity index (χ3v) is 2.19. The van der Waals surface area contributed by atoms with Crippen LogP contribution in [0.3, 0.4) is 0 Å². The normalized spacial score (nSPS) is 10.9. The van der Waals surface area contributed by atoms with Crippen LogP contribution in [0.25, 0.3) is 0 Å². The standard InChI is InChI=1S/C15H20O4/c1-5-10-18-13(16)11-6-8-12(9-7-11)14(17)19-15(2,3)4/h6-9H,5,10H2,1-4H3. The lowest BCUT2D eigenvalue weighted by Gasteiger charge is -2.19. The van der Waals surface area contributed by atoms with Crippen LogP contribution in [0.2, 0.25) is 0 Å². The summed E-state index contributed by atoms with van der Waals surface area (Å²) in [6.07, 6.45) is 0.779. The summed E-state index contributed by atoms with van der Waals surface area (Å²) in [6.45, 7) is 7.75. The van der Waals surface area contributed by atoms with E-state index in [1.165, 1.54) is 0 Å². The maximum atomic E-state index is 11.8. The van der Waals surface area contributed by atoms with E-state index in [0.717, 1.165) is 6.42 Å². The predicted molar refractivity (Wildman–Crippen MR) is 72.2 cm³/mol. The Labute approximate surface area is 113 Å². The molecule has 0 N–H and O–H groups in total. The molecule has 0 spiro atoms. The Morgan fingerprint density at radius 2 is 1.47 bits per heavy atom. The highest BCUT2D eigenvalue weighted by atomic mass is 16.6. The first-order chi connectivity index (χ1) is 8.83. The Kier molecular flexibility index (Phi) is 5.10. The smallest absolute Gasteiger partial charge is 0.338 e. The molecule has 0 atom stereocenters. The number of carbonyl (C=O) groups excluding carboxylic acids is 2. The van der Waals surface area contributed by atoms with Gasteiger partial charge in [0.05, 0.1) is 17.7 Å². The molecule has 0 amide bonds. The molecule has 19 heavy (non-hydrogen) atoms. The van der Waals surface area contributed by atoms with Crippen molar-refractivity contribution in [1.29, 1.82) is 0 Å². The molecule has 0 saturated heterocycles. The maximum Gasteiger partial charge on any atom is 0.338 e. The topological polar surface area (TPSA) is 52.6 Å². The highest BCUT2D eigenvalue weighted by molar-refractivity contribution is 5.93. The zero-order chi connectivity index (χ0) is 14.5. The zero-order valence-corrected chi connectivity index (χ0v) is 11.9. The van der Waals surface area contributed by atoms with E-state index in [2.05, 4.69) is 0 Å². The van der Waals surface area contributed by atoms with Crippen molar-refractivity contribution in [2.75, 3.05) is 6.61 Å². The fraction of sp³-hybridized carbons (Fsp3) is 0.467. The van der Waals surface area contributed by atoms with Crippen molar-refractivity contribution in [3.63, 3.8) is 0 Å². The van der Waals surface area contributed by atoms with Gasteiger partial charge < -0.3 is 9.47 Å². The molecule has 0 heterocycles. The molecule has 0 aliphatic rings. The van der Waals surface area contributed by atoms with Gasteiger partial charge in [-0.25, -0.2) is 9.59 Å². The quantitative estimate of drug-likeness (QED) is 0.783. The van der Waals surface area contributed by atoms with Crippen molar-refractivity contribution in [2.24, 2.45) is 0 Å². The van der Waals surface area contributed by atoms with Crippen LogP contribution in [-0.4, -0.2) is 24.1 Å². The van der Waals surface area contributed by atoms with Crippen LogP contribution >= 0.6 is 0 Å². The second-order valence-electron chi connectivity index (χ2n) is 5.22. The van der Waals surface area contributed by atoms with Gasteiger partial charge in [-0.3, -0.25) is 0 Å². The van der Waals surface area contributed by atoms with E-state index in [9.17, 15) is 9.59 Å². The number of rotatable bonds is 4. The molecule has 0 bridgehead atoms. The SMILES string of the molecule is CCCOC(=O)c1ccc(C(=O)OC(C)(C)C)cc1. The van der Waals surface area contributed by atoms with E-state index in [1.54, 1.807) is 45.0 Å². The molecular weight excluding hydrogens is 244 g/mol. The van der Waals surface area contributed by atoms with E-state index in [0.29, 0.717) is 17.7 Å². The third-order valence-electron chi connectivity index (χ3n) is 2.19. The number of carbonyl (C=O) groups is 2. The second-order valence-corrected chi connectivity index (χ2v) is 5.22. The Balaban J connectivity index is 2.71. The lowest BCUT2D eigenvalue weighted by atomic mass is 10.1. The molecular formula is C15H20O4. The van der Waals surface area contributed by atoms with E-state index in [4.69, 9.17) is 9.47 Å². The lowest BCUT2D eigenvalue weighted by Crippen LogP contribution is -2.23.